The minimum atomic E-state index is -0.716. The van der Waals surface area contributed by atoms with Gasteiger partial charge in [0, 0.05) is 17.6 Å². The van der Waals surface area contributed by atoms with Gasteiger partial charge in [0.1, 0.15) is 0 Å². The zero-order chi connectivity index (χ0) is 14.7. The first kappa shape index (κ1) is 14.4. The van der Waals surface area contributed by atoms with Crippen molar-refractivity contribution in [3.05, 3.63) is 35.6 Å². The highest BCUT2D eigenvalue weighted by molar-refractivity contribution is 5.97. The SMILES string of the molecule is CC.CC1=CC(O/C=C2/C(=O)NC3C=CCC23)OC1=O. The van der Waals surface area contributed by atoms with E-state index in [0.29, 0.717) is 11.1 Å². The van der Waals surface area contributed by atoms with Crippen molar-refractivity contribution < 1.29 is 19.1 Å². The van der Waals surface area contributed by atoms with Crippen molar-refractivity contribution in [2.45, 2.75) is 39.5 Å². The van der Waals surface area contributed by atoms with Crippen molar-refractivity contribution in [3.8, 4) is 0 Å². The molecule has 1 fully saturated rings. The molecule has 0 aromatic rings. The molecule has 0 aromatic carbocycles. The van der Waals surface area contributed by atoms with E-state index in [-0.39, 0.29) is 23.8 Å². The van der Waals surface area contributed by atoms with Crippen molar-refractivity contribution in [3.63, 3.8) is 0 Å². The van der Waals surface area contributed by atoms with Crippen molar-refractivity contribution in [1.82, 2.24) is 5.32 Å². The highest BCUT2D eigenvalue weighted by atomic mass is 16.7. The lowest BCUT2D eigenvalue weighted by Crippen LogP contribution is -2.24. The van der Waals surface area contributed by atoms with Crippen molar-refractivity contribution in [2.24, 2.45) is 5.92 Å². The Morgan fingerprint density at radius 2 is 2.15 bits per heavy atom. The van der Waals surface area contributed by atoms with Crippen LogP contribution in [-0.2, 0) is 19.1 Å². The van der Waals surface area contributed by atoms with E-state index in [1.807, 2.05) is 26.0 Å². The normalized spacial score (nSPS) is 32.2. The number of fused-ring (bicyclic) bond motifs is 1. The molecule has 1 saturated heterocycles. The molecule has 1 aliphatic carbocycles. The molecule has 0 spiro atoms. The summed E-state index contributed by atoms with van der Waals surface area (Å²) in [5.74, 6) is -0.353. The van der Waals surface area contributed by atoms with Gasteiger partial charge in [-0.15, -0.1) is 0 Å². The van der Waals surface area contributed by atoms with Crippen molar-refractivity contribution >= 4 is 11.9 Å². The van der Waals surface area contributed by atoms with Crippen LogP contribution in [0, 0.1) is 5.92 Å². The number of nitrogens with one attached hydrogen (secondary N) is 1. The van der Waals surface area contributed by atoms with E-state index in [2.05, 4.69) is 5.32 Å². The molecule has 3 rings (SSSR count). The largest absolute Gasteiger partial charge is 0.458 e. The molecule has 0 bridgehead atoms. The molecule has 108 valence electrons. The van der Waals surface area contributed by atoms with Gasteiger partial charge < -0.3 is 14.8 Å². The summed E-state index contributed by atoms with van der Waals surface area (Å²) in [6.07, 6.45) is 7.16. The molecule has 5 nitrogen and oxygen atoms in total. The second-order valence-electron chi connectivity index (χ2n) is 4.60. The van der Waals surface area contributed by atoms with E-state index in [1.54, 1.807) is 13.0 Å². The van der Waals surface area contributed by atoms with Gasteiger partial charge in [0.2, 0.25) is 0 Å². The van der Waals surface area contributed by atoms with Crippen LogP contribution >= 0.6 is 0 Å². The Bertz CT molecular complexity index is 504. The number of carbonyl (C=O) groups is 2. The Labute approximate surface area is 118 Å². The second-order valence-corrected chi connectivity index (χ2v) is 4.60. The van der Waals surface area contributed by atoms with Gasteiger partial charge >= 0.3 is 5.97 Å². The summed E-state index contributed by atoms with van der Waals surface area (Å²) < 4.78 is 10.3. The Balaban J connectivity index is 0.000000704. The van der Waals surface area contributed by atoms with Crippen LogP contribution in [0.5, 0.6) is 0 Å². The molecule has 3 unspecified atom stereocenters. The zero-order valence-corrected chi connectivity index (χ0v) is 11.9. The summed E-state index contributed by atoms with van der Waals surface area (Å²) in [4.78, 5) is 22.9. The lowest BCUT2D eigenvalue weighted by Gasteiger charge is -2.10. The molecule has 2 aliphatic heterocycles. The van der Waals surface area contributed by atoms with Crippen LogP contribution in [-0.4, -0.2) is 24.2 Å². The van der Waals surface area contributed by atoms with Gasteiger partial charge in [-0.05, 0) is 13.3 Å². The quantitative estimate of drug-likeness (QED) is 0.362. The van der Waals surface area contributed by atoms with Gasteiger partial charge in [-0.1, -0.05) is 26.0 Å². The average molecular weight is 277 g/mol. The van der Waals surface area contributed by atoms with E-state index in [9.17, 15) is 9.59 Å². The van der Waals surface area contributed by atoms with Gasteiger partial charge in [0.05, 0.1) is 17.9 Å². The molecule has 0 aromatic heterocycles. The predicted octanol–water partition coefficient (Wildman–Crippen LogP) is 1.82. The number of allylic oxidation sites excluding steroid dienone is 1. The van der Waals surface area contributed by atoms with Crippen LogP contribution in [0.15, 0.2) is 35.6 Å². The Morgan fingerprint density at radius 3 is 2.80 bits per heavy atom. The highest BCUT2D eigenvalue weighted by Crippen LogP contribution is 2.32. The summed E-state index contributed by atoms with van der Waals surface area (Å²) in [5.41, 5.74) is 1.13. The molecular weight excluding hydrogens is 258 g/mol. The van der Waals surface area contributed by atoms with Gasteiger partial charge in [-0.2, -0.15) is 0 Å². The number of esters is 1. The number of carbonyl (C=O) groups excluding carboxylic acids is 2. The van der Waals surface area contributed by atoms with Crippen molar-refractivity contribution in [2.75, 3.05) is 0 Å². The van der Waals surface area contributed by atoms with Crippen LogP contribution < -0.4 is 5.32 Å². The third-order valence-electron chi connectivity index (χ3n) is 3.39. The molecule has 0 saturated carbocycles. The van der Waals surface area contributed by atoms with Crippen LogP contribution in [0.25, 0.3) is 0 Å². The zero-order valence-electron chi connectivity index (χ0n) is 11.9. The molecular formula is C15H19NO4. The minimum absolute atomic E-state index is 0.0794. The van der Waals surface area contributed by atoms with Crippen molar-refractivity contribution in [1.29, 1.82) is 0 Å². The summed E-state index contributed by atoms with van der Waals surface area (Å²) in [7, 11) is 0. The fraction of sp³-hybridized carbons (Fsp3) is 0.467. The number of hydrogen-bond acceptors (Lipinski definition) is 4. The smallest absolute Gasteiger partial charge is 0.336 e. The van der Waals surface area contributed by atoms with Crippen LogP contribution in [0.1, 0.15) is 27.2 Å². The third-order valence-corrected chi connectivity index (χ3v) is 3.39. The predicted molar refractivity (Wildman–Crippen MR) is 73.3 cm³/mol. The number of cyclic esters (lactones) is 1. The minimum Gasteiger partial charge on any atom is -0.458 e. The highest BCUT2D eigenvalue weighted by Gasteiger charge is 2.38. The number of hydrogen-bond donors (Lipinski definition) is 1. The van der Waals surface area contributed by atoms with E-state index in [1.165, 1.54) is 6.26 Å². The summed E-state index contributed by atoms with van der Waals surface area (Å²) in [6.45, 7) is 5.66. The van der Waals surface area contributed by atoms with E-state index in [0.717, 1.165) is 6.42 Å². The summed E-state index contributed by atoms with van der Waals surface area (Å²) >= 11 is 0. The Morgan fingerprint density at radius 1 is 1.40 bits per heavy atom. The van der Waals surface area contributed by atoms with Crippen LogP contribution in [0.2, 0.25) is 0 Å². The van der Waals surface area contributed by atoms with E-state index in [4.69, 9.17) is 9.47 Å². The fourth-order valence-electron chi connectivity index (χ4n) is 2.38. The first-order valence-electron chi connectivity index (χ1n) is 6.87. The molecule has 1 N–H and O–H groups in total. The van der Waals surface area contributed by atoms with Gasteiger partial charge in [0.15, 0.2) is 0 Å². The van der Waals surface area contributed by atoms with Crippen LogP contribution in [0.3, 0.4) is 0 Å². The first-order chi connectivity index (χ1) is 9.65. The van der Waals surface area contributed by atoms with E-state index >= 15 is 0 Å². The maximum atomic E-state index is 11.7. The topological polar surface area (TPSA) is 64.6 Å². The first-order valence-corrected chi connectivity index (χ1v) is 6.87. The molecule has 1 amide bonds. The average Bonchev–Trinajstić information content (AvgIpc) is 3.07. The lowest BCUT2D eigenvalue weighted by atomic mass is 9.99. The second kappa shape index (κ2) is 5.94. The van der Waals surface area contributed by atoms with Crippen LogP contribution in [0.4, 0.5) is 0 Å². The van der Waals surface area contributed by atoms with Gasteiger partial charge in [-0.3, -0.25) is 4.79 Å². The number of rotatable bonds is 2. The molecule has 5 heteroatoms. The van der Waals surface area contributed by atoms with Gasteiger partial charge in [0.25, 0.3) is 12.2 Å². The summed E-state index contributed by atoms with van der Waals surface area (Å²) in [5, 5.41) is 2.86. The third kappa shape index (κ3) is 2.61. The maximum Gasteiger partial charge on any atom is 0.336 e. The molecule has 3 aliphatic rings. The maximum absolute atomic E-state index is 11.7. The van der Waals surface area contributed by atoms with E-state index < -0.39 is 6.29 Å². The Hall–Kier alpha value is -2.04. The fourth-order valence-corrected chi connectivity index (χ4v) is 2.38. The molecule has 0 radical (unpaired) electrons. The number of ether oxygens (including phenoxy) is 2. The number of amides is 1. The molecule has 3 atom stereocenters. The lowest BCUT2D eigenvalue weighted by molar-refractivity contribution is -0.152. The monoisotopic (exact) mass is 277 g/mol. The van der Waals surface area contributed by atoms with Gasteiger partial charge in [-0.25, -0.2) is 4.79 Å². The summed E-state index contributed by atoms with van der Waals surface area (Å²) in [6, 6.07) is 0.0794. The standard InChI is InChI=1S/C13H13NO4.C2H6/c1-7-5-11(18-13(7)16)17-6-9-8-3-2-4-10(8)14-12(9)15;1-2/h2,4-6,8,10-11H,3H2,1H3,(H,14,15);1-2H3/b9-6+;. The Kier molecular flexibility index (Phi) is 4.27. The molecule has 2 heterocycles. The molecule has 20 heavy (non-hydrogen) atoms.